The van der Waals surface area contributed by atoms with Crippen molar-refractivity contribution in [2.45, 2.75) is 31.2 Å². The van der Waals surface area contributed by atoms with E-state index in [1.807, 2.05) is 7.05 Å². The summed E-state index contributed by atoms with van der Waals surface area (Å²) in [7, 11) is -0.0464. The molecule has 0 atom stereocenters. The Kier molecular flexibility index (Phi) is 6.10. The van der Waals surface area contributed by atoms with Gasteiger partial charge >= 0.3 is 0 Å². The number of hydrogen-bond donors (Lipinski definition) is 2. The van der Waals surface area contributed by atoms with E-state index in [2.05, 4.69) is 10.0 Å². The Balaban J connectivity index is 2.89. The Bertz CT molecular complexity index is 604. The lowest BCUT2D eigenvalue weighted by Gasteiger charge is -2.20. The van der Waals surface area contributed by atoms with Crippen molar-refractivity contribution in [3.05, 3.63) is 29.8 Å². The SMILES string of the molecule is CNCCN(C)C(=O)c1ccc(S(=O)(=O)NC(C)(C)C)cc1. The van der Waals surface area contributed by atoms with Gasteiger partial charge in [-0.1, -0.05) is 0 Å². The predicted molar refractivity (Wildman–Crippen MR) is 87.4 cm³/mol. The van der Waals surface area contributed by atoms with Crippen LogP contribution in [0, 0.1) is 0 Å². The van der Waals surface area contributed by atoms with Crippen LogP contribution in [-0.4, -0.2) is 51.9 Å². The van der Waals surface area contributed by atoms with E-state index in [1.54, 1.807) is 32.7 Å². The molecule has 6 nitrogen and oxygen atoms in total. The molecule has 1 aromatic carbocycles. The number of carbonyl (C=O) groups is 1. The molecule has 0 aromatic heterocycles. The molecule has 1 aromatic rings. The first kappa shape index (κ1) is 18.6. The highest BCUT2D eigenvalue weighted by Crippen LogP contribution is 2.14. The van der Waals surface area contributed by atoms with Crippen LogP contribution < -0.4 is 10.0 Å². The van der Waals surface area contributed by atoms with Gasteiger partial charge in [-0.25, -0.2) is 13.1 Å². The summed E-state index contributed by atoms with van der Waals surface area (Å²) in [5.41, 5.74) is -0.0888. The molecule has 0 radical (unpaired) electrons. The predicted octanol–water partition coefficient (Wildman–Crippen LogP) is 1.05. The molecular weight excluding hydrogens is 302 g/mol. The van der Waals surface area contributed by atoms with Crippen LogP contribution in [0.1, 0.15) is 31.1 Å². The van der Waals surface area contributed by atoms with E-state index >= 15 is 0 Å². The van der Waals surface area contributed by atoms with Crippen LogP contribution in [0.25, 0.3) is 0 Å². The van der Waals surface area contributed by atoms with E-state index in [1.165, 1.54) is 24.3 Å². The topological polar surface area (TPSA) is 78.5 Å². The van der Waals surface area contributed by atoms with E-state index in [4.69, 9.17) is 0 Å². The molecule has 0 fully saturated rings. The van der Waals surface area contributed by atoms with Crippen LogP contribution >= 0.6 is 0 Å². The highest BCUT2D eigenvalue weighted by molar-refractivity contribution is 7.89. The van der Waals surface area contributed by atoms with Crippen LogP contribution in [0.3, 0.4) is 0 Å². The third kappa shape index (κ3) is 5.40. The summed E-state index contributed by atoms with van der Waals surface area (Å²) in [4.78, 5) is 13.9. The molecule has 0 aliphatic heterocycles. The second-order valence-electron chi connectivity index (χ2n) is 6.21. The normalized spacial score (nSPS) is 12.2. The summed E-state index contributed by atoms with van der Waals surface area (Å²) in [5, 5.41) is 2.97. The van der Waals surface area contributed by atoms with E-state index in [-0.39, 0.29) is 10.8 Å². The number of nitrogens with one attached hydrogen (secondary N) is 2. The minimum absolute atomic E-state index is 0.136. The van der Waals surface area contributed by atoms with Crippen molar-refractivity contribution in [3.63, 3.8) is 0 Å². The fourth-order valence-corrected chi connectivity index (χ4v) is 3.26. The second-order valence-corrected chi connectivity index (χ2v) is 7.89. The molecule has 0 aliphatic rings. The number of nitrogens with zero attached hydrogens (tertiary/aromatic N) is 1. The van der Waals surface area contributed by atoms with E-state index in [9.17, 15) is 13.2 Å². The van der Waals surface area contributed by atoms with Crippen molar-refractivity contribution in [2.24, 2.45) is 0 Å². The maximum Gasteiger partial charge on any atom is 0.253 e. The first-order chi connectivity index (χ1) is 10.1. The average molecular weight is 327 g/mol. The van der Waals surface area contributed by atoms with Gasteiger partial charge in [0.05, 0.1) is 4.90 Å². The lowest BCUT2D eigenvalue weighted by atomic mass is 10.1. The van der Waals surface area contributed by atoms with Gasteiger partial charge in [-0.3, -0.25) is 4.79 Å². The largest absolute Gasteiger partial charge is 0.340 e. The lowest BCUT2D eigenvalue weighted by molar-refractivity contribution is 0.0796. The minimum atomic E-state index is -3.58. The van der Waals surface area contributed by atoms with Crippen molar-refractivity contribution >= 4 is 15.9 Å². The molecule has 0 aliphatic carbocycles. The van der Waals surface area contributed by atoms with E-state index in [0.29, 0.717) is 18.7 Å². The maximum absolute atomic E-state index is 12.2. The molecule has 0 bridgehead atoms. The molecule has 0 unspecified atom stereocenters. The molecule has 7 heteroatoms. The van der Waals surface area contributed by atoms with E-state index in [0.717, 1.165) is 0 Å². The Labute approximate surface area is 132 Å². The van der Waals surface area contributed by atoms with Crippen LogP contribution in [0.5, 0.6) is 0 Å². The zero-order valence-corrected chi connectivity index (χ0v) is 14.6. The van der Waals surface area contributed by atoms with Gasteiger partial charge in [0.15, 0.2) is 0 Å². The highest BCUT2D eigenvalue weighted by atomic mass is 32.2. The number of benzene rings is 1. The fraction of sp³-hybridized carbons (Fsp3) is 0.533. The lowest BCUT2D eigenvalue weighted by Crippen LogP contribution is -2.40. The molecule has 22 heavy (non-hydrogen) atoms. The Morgan fingerprint density at radius 3 is 2.18 bits per heavy atom. The number of hydrogen-bond acceptors (Lipinski definition) is 4. The zero-order chi connectivity index (χ0) is 17.0. The standard InChI is InChI=1S/C15H25N3O3S/c1-15(2,3)17-22(20,21)13-8-6-12(7-9-13)14(19)18(5)11-10-16-4/h6-9,16-17H,10-11H2,1-5H3. The van der Waals surface area contributed by atoms with Gasteiger partial charge in [-0.15, -0.1) is 0 Å². The first-order valence-corrected chi connectivity index (χ1v) is 8.59. The average Bonchev–Trinajstić information content (AvgIpc) is 2.41. The first-order valence-electron chi connectivity index (χ1n) is 7.11. The van der Waals surface area contributed by atoms with Gasteiger partial charge in [-0.05, 0) is 52.1 Å². The smallest absolute Gasteiger partial charge is 0.253 e. The Hall–Kier alpha value is -1.44. The van der Waals surface area contributed by atoms with Gasteiger partial charge < -0.3 is 10.2 Å². The van der Waals surface area contributed by atoms with Crippen LogP contribution in [0.2, 0.25) is 0 Å². The van der Waals surface area contributed by atoms with Crippen LogP contribution in [-0.2, 0) is 10.0 Å². The van der Waals surface area contributed by atoms with Crippen molar-refractivity contribution in [2.75, 3.05) is 27.2 Å². The summed E-state index contributed by atoms with van der Waals surface area (Å²) in [6, 6.07) is 5.98. The highest BCUT2D eigenvalue weighted by Gasteiger charge is 2.22. The summed E-state index contributed by atoms with van der Waals surface area (Å²) < 4.78 is 27.0. The number of carbonyl (C=O) groups excluding carboxylic acids is 1. The Morgan fingerprint density at radius 2 is 1.73 bits per heavy atom. The molecule has 0 saturated carbocycles. The summed E-state index contributed by atoms with van der Waals surface area (Å²) in [5.74, 6) is -0.136. The fourth-order valence-electron chi connectivity index (χ4n) is 1.84. The van der Waals surface area contributed by atoms with Crippen molar-refractivity contribution in [3.8, 4) is 0 Å². The van der Waals surface area contributed by atoms with Crippen molar-refractivity contribution in [1.29, 1.82) is 0 Å². The summed E-state index contributed by atoms with van der Waals surface area (Å²) >= 11 is 0. The molecular formula is C15H25N3O3S. The number of rotatable bonds is 6. The van der Waals surface area contributed by atoms with Gasteiger partial charge in [0.1, 0.15) is 0 Å². The molecule has 0 saturated heterocycles. The second kappa shape index (κ2) is 7.21. The molecule has 0 spiro atoms. The van der Waals surface area contributed by atoms with Crippen molar-refractivity contribution in [1.82, 2.24) is 14.9 Å². The third-order valence-electron chi connectivity index (χ3n) is 2.90. The number of likely N-dealkylation sites (N-methyl/N-ethyl adjacent to an activating group) is 2. The van der Waals surface area contributed by atoms with Crippen LogP contribution in [0.4, 0.5) is 0 Å². The molecule has 124 valence electrons. The molecule has 0 heterocycles. The molecule has 1 rings (SSSR count). The molecule has 1 amide bonds. The molecule has 2 N–H and O–H groups in total. The summed E-state index contributed by atoms with van der Waals surface area (Å²) in [6.45, 7) is 6.61. The zero-order valence-electron chi connectivity index (χ0n) is 13.8. The minimum Gasteiger partial charge on any atom is -0.340 e. The van der Waals surface area contributed by atoms with Gasteiger partial charge in [0.25, 0.3) is 5.91 Å². The quantitative estimate of drug-likeness (QED) is 0.819. The third-order valence-corrected chi connectivity index (χ3v) is 4.67. The van der Waals surface area contributed by atoms with Crippen LogP contribution in [0.15, 0.2) is 29.2 Å². The monoisotopic (exact) mass is 327 g/mol. The number of amides is 1. The van der Waals surface area contributed by atoms with Gasteiger partial charge in [0.2, 0.25) is 10.0 Å². The van der Waals surface area contributed by atoms with Gasteiger partial charge in [0, 0.05) is 31.2 Å². The maximum atomic E-state index is 12.2. The van der Waals surface area contributed by atoms with Gasteiger partial charge in [-0.2, -0.15) is 0 Å². The Morgan fingerprint density at radius 1 is 1.18 bits per heavy atom. The van der Waals surface area contributed by atoms with E-state index < -0.39 is 15.6 Å². The summed E-state index contributed by atoms with van der Waals surface area (Å²) in [6.07, 6.45) is 0. The van der Waals surface area contributed by atoms with Crippen molar-refractivity contribution < 1.29 is 13.2 Å². The number of sulfonamides is 1.